The molecule has 0 spiro atoms. The van der Waals surface area contributed by atoms with E-state index in [4.69, 9.17) is 9.47 Å². The Hall–Kier alpha value is -4.11. The number of urea groups is 1. The van der Waals surface area contributed by atoms with E-state index in [1.54, 1.807) is 20.8 Å². The lowest BCUT2D eigenvalue weighted by molar-refractivity contribution is -0.146. The number of carbonyl (C=O) groups is 3. The number of rotatable bonds is 9. The van der Waals surface area contributed by atoms with Crippen LogP contribution in [0.5, 0.6) is 11.5 Å². The van der Waals surface area contributed by atoms with E-state index in [-0.39, 0.29) is 36.9 Å². The standard InChI is InChI=1S/C31H36N4O5/c1-4-13-34-26-20-35(25(18-21(2)3)29(36)33-14-16-39-17-15-33)30(37)27(26)28(32-31(34)38)22-9-8-12-24(19-22)40-23-10-6-5-7-11-23/h4-12,19,21,25,28H,1,13-18,20H2,2-3H3,(H,32,38). The van der Waals surface area contributed by atoms with Gasteiger partial charge in [0.15, 0.2) is 0 Å². The summed E-state index contributed by atoms with van der Waals surface area (Å²) in [5, 5.41) is 3.02. The highest BCUT2D eigenvalue weighted by atomic mass is 16.5. The molecule has 2 atom stereocenters. The fourth-order valence-electron chi connectivity index (χ4n) is 5.52. The number of benzene rings is 2. The zero-order chi connectivity index (χ0) is 28.2. The highest BCUT2D eigenvalue weighted by molar-refractivity contribution is 6.03. The van der Waals surface area contributed by atoms with E-state index in [9.17, 15) is 14.4 Å². The average Bonchev–Trinajstić information content (AvgIpc) is 3.30. The van der Waals surface area contributed by atoms with Crippen molar-refractivity contribution >= 4 is 17.8 Å². The van der Waals surface area contributed by atoms with Crippen LogP contribution in [0.25, 0.3) is 0 Å². The van der Waals surface area contributed by atoms with Crippen LogP contribution in [-0.4, -0.2) is 78.0 Å². The van der Waals surface area contributed by atoms with Gasteiger partial charge < -0.3 is 24.6 Å². The minimum Gasteiger partial charge on any atom is -0.457 e. The van der Waals surface area contributed by atoms with Gasteiger partial charge in [-0.05, 0) is 42.2 Å². The molecule has 3 heterocycles. The normalized spacial score (nSPS) is 20.0. The summed E-state index contributed by atoms with van der Waals surface area (Å²) < 4.78 is 11.5. The summed E-state index contributed by atoms with van der Waals surface area (Å²) in [4.78, 5) is 46.2. The van der Waals surface area contributed by atoms with Gasteiger partial charge in [-0.15, -0.1) is 6.58 Å². The van der Waals surface area contributed by atoms with Crippen LogP contribution in [0.4, 0.5) is 4.79 Å². The zero-order valence-electron chi connectivity index (χ0n) is 23.0. The van der Waals surface area contributed by atoms with Crippen molar-refractivity contribution in [3.05, 3.63) is 84.1 Å². The molecule has 9 heteroatoms. The van der Waals surface area contributed by atoms with Crippen LogP contribution < -0.4 is 10.1 Å². The first-order valence-electron chi connectivity index (χ1n) is 13.8. The van der Waals surface area contributed by atoms with Crippen molar-refractivity contribution in [3.63, 3.8) is 0 Å². The fourth-order valence-corrected chi connectivity index (χ4v) is 5.52. The van der Waals surface area contributed by atoms with Gasteiger partial charge >= 0.3 is 6.03 Å². The number of hydrogen-bond acceptors (Lipinski definition) is 5. The van der Waals surface area contributed by atoms with Crippen LogP contribution in [0.15, 0.2) is 78.5 Å². The van der Waals surface area contributed by atoms with Crippen molar-refractivity contribution in [2.75, 3.05) is 39.4 Å². The second-order valence-electron chi connectivity index (χ2n) is 10.6. The molecule has 1 fully saturated rings. The van der Waals surface area contributed by atoms with Gasteiger partial charge in [-0.2, -0.15) is 0 Å². The third-order valence-corrected chi connectivity index (χ3v) is 7.41. The Morgan fingerprint density at radius 2 is 1.82 bits per heavy atom. The van der Waals surface area contributed by atoms with Gasteiger partial charge in [0.25, 0.3) is 5.91 Å². The predicted octanol–water partition coefficient (Wildman–Crippen LogP) is 4.10. The third-order valence-electron chi connectivity index (χ3n) is 7.41. The summed E-state index contributed by atoms with van der Waals surface area (Å²) in [6.45, 7) is 10.3. The molecule has 0 aromatic heterocycles. The third kappa shape index (κ3) is 5.60. The van der Waals surface area contributed by atoms with Crippen LogP contribution in [0.2, 0.25) is 0 Å². The van der Waals surface area contributed by atoms with Gasteiger partial charge in [0, 0.05) is 19.6 Å². The van der Waals surface area contributed by atoms with Gasteiger partial charge in [0.1, 0.15) is 17.5 Å². The Balaban J connectivity index is 1.49. The van der Waals surface area contributed by atoms with E-state index in [2.05, 4.69) is 11.9 Å². The predicted molar refractivity (Wildman–Crippen MR) is 151 cm³/mol. The lowest BCUT2D eigenvalue weighted by atomic mass is 9.95. The molecule has 3 aliphatic rings. The lowest BCUT2D eigenvalue weighted by Gasteiger charge is -2.35. The van der Waals surface area contributed by atoms with Crippen LogP contribution in [-0.2, 0) is 14.3 Å². The summed E-state index contributed by atoms with van der Waals surface area (Å²) in [7, 11) is 0. The number of amides is 4. The maximum atomic E-state index is 14.2. The highest BCUT2D eigenvalue weighted by Gasteiger charge is 2.47. The van der Waals surface area contributed by atoms with E-state index < -0.39 is 12.1 Å². The number of morpholine rings is 1. The minimum atomic E-state index is -0.682. The summed E-state index contributed by atoms with van der Waals surface area (Å²) >= 11 is 0. The number of nitrogens with one attached hydrogen (secondary N) is 1. The first-order valence-corrected chi connectivity index (χ1v) is 13.8. The van der Waals surface area contributed by atoms with Crippen molar-refractivity contribution in [3.8, 4) is 11.5 Å². The molecule has 3 aliphatic heterocycles. The number of hydrogen-bond donors (Lipinski definition) is 1. The molecule has 2 aromatic rings. The second-order valence-corrected chi connectivity index (χ2v) is 10.6. The smallest absolute Gasteiger partial charge is 0.322 e. The van der Waals surface area contributed by atoms with Gasteiger partial charge in [-0.25, -0.2) is 4.79 Å². The highest BCUT2D eigenvalue weighted by Crippen LogP contribution is 2.39. The summed E-state index contributed by atoms with van der Waals surface area (Å²) in [5.41, 5.74) is 1.81. The molecule has 1 saturated heterocycles. The molecule has 0 saturated carbocycles. The quantitative estimate of drug-likeness (QED) is 0.480. The molecule has 0 radical (unpaired) electrons. The minimum absolute atomic E-state index is 0.0745. The Kier molecular flexibility index (Phi) is 8.21. The summed E-state index contributed by atoms with van der Waals surface area (Å²) in [6.07, 6.45) is 2.16. The van der Waals surface area contributed by atoms with E-state index in [0.29, 0.717) is 55.5 Å². The Bertz CT molecular complexity index is 1300. The topological polar surface area (TPSA) is 91.4 Å². The van der Waals surface area contributed by atoms with Crippen molar-refractivity contribution in [2.45, 2.75) is 32.4 Å². The number of para-hydroxylation sites is 1. The molecule has 4 amide bonds. The summed E-state index contributed by atoms with van der Waals surface area (Å²) in [6, 6.07) is 15.2. The fraction of sp³-hybridized carbons (Fsp3) is 0.387. The largest absolute Gasteiger partial charge is 0.457 e. The molecule has 210 valence electrons. The van der Waals surface area contributed by atoms with E-state index in [1.807, 2.05) is 68.4 Å². The zero-order valence-corrected chi connectivity index (χ0v) is 23.0. The van der Waals surface area contributed by atoms with Gasteiger partial charge in [-0.1, -0.05) is 50.3 Å². The van der Waals surface area contributed by atoms with Crippen LogP contribution in [0.1, 0.15) is 31.9 Å². The molecular weight excluding hydrogens is 508 g/mol. The number of nitrogens with zero attached hydrogens (tertiary/aromatic N) is 3. The average molecular weight is 545 g/mol. The van der Waals surface area contributed by atoms with Crippen LogP contribution in [0.3, 0.4) is 0 Å². The Morgan fingerprint density at radius 1 is 1.10 bits per heavy atom. The maximum Gasteiger partial charge on any atom is 0.322 e. The van der Waals surface area contributed by atoms with E-state index in [1.165, 1.54) is 0 Å². The molecule has 9 nitrogen and oxygen atoms in total. The Labute approximate surface area is 235 Å². The van der Waals surface area contributed by atoms with Gasteiger partial charge in [0.05, 0.1) is 37.1 Å². The van der Waals surface area contributed by atoms with Crippen molar-refractivity contribution in [1.29, 1.82) is 0 Å². The molecule has 1 N–H and O–H groups in total. The number of carbonyl (C=O) groups excluding carboxylic acids is 3. The van der Waals surface area contributed by atoms with Crippen molar-refractivity contribution in [1.82, 2.24) is 20.0 Å². The molecule has 40 heavy (non-hydrogen) atoms. The monoisotopic (exact) mass is 544 g/mol. The second kappa shape index (κ2) is 12.0. The van der Waals surface area contributed by atoms with E-state index in [0.717, 1.165) is 5.56 Å². The number of ether oxygens (including phenoxy) is 2. The molecule has 5 rings (SSSR count). The summed E-state index contributed by atoms with van der Waals surface area (Å²) in [5.74, 6) is 1.15. The lowest BCUT2D eigenvalue weighted by Crippen LogP contribution is -2.53. The van der Waals surface area contributed by atoms with E-state index >= 15 is 0 Å². The van der Waals surface area contributed by atoms with Crippen molar-refractivity contribution < 1.29 is 23.9 Å². The maximum absolute atomic E-state index is 14.2. The van der Waals surface area contributed by atoms with Gasteiger partial charge in [0.2, 0.25) is 5.91 Å². The molecule has 0 aliphatic carbocycles. The van der Waals surface area contributed by atoms with Crippen LogP contribution >= 0.6 is 0 Å². The first kappa shape index (κ1) is 27.5. The molecule has 2 aromatic carbocycles. The molecular formula is C31H36N4O5. The molecule has 2 unspecified atom stereocenters. The van der Waals surface area contributed by atoms with Gasteiger partial charge in [-0.3, -0.25) is 14.5 Å². The Morgan fingerprint density at radius 3 is 2.52 bits per heavy atom. The van der Waals surface area contributed by atoms with Crippen LogP contribution in [0, 0.1) is 5.92 Å². The molecule has 0 bridgehead atoms. The van der Waals surface area contributed by atoms with Crippen molar-refractivity contribution in [2.24, 2.45) is 5.92 Å². The SMILES string of the molecule is C=CCN1C(=O)NC(c2cccc(Oc3ccccc3)c2)C2=C1CN(C(CC(C)C)C(=O)N1CCOCC1)C2=O. The first-order chi connectivity index (χ1) is 19.4.